The standard InChI is InChI=1S/C48H52N8O6/c1-61-47(59)53-40(30-9-5-3-6-10-30)45(57)55-26-34-21-35(34)42(55)44-50-24-36(51-44)29-17-13-27(14-18-29)28-15-19-32(20-16-28)43-49-25-37(52-43)39-23-33-22-38(33)56(39)46(58)41(54-48(60)62-2)31-11-7-4-8-12-31/h3-12,15-16,19-20,24-25,27,29,33-35,38-42H,13-14,17-18,21-23,26H2,1-2H3,(H,49,52)(H,50,51)(H,53,59)(H,54,60)/t27?,29?,33-,34+,35+,38-,39-,40-,41-,42+/m1/s1. The fourth-order valence-electron chi connectivity index (χ4n) is 10.6. The van der Waals surface area contributed by atoms with Crippen molar-refractivity contribution in [1.82, 2.24) is 40.4 Å². The van der Waals surface area contributed by atoms with Crippen molar-refractivity contribution in [2.45, 2.75) is 87.0 Å². The van der Waals surface area contributed by atoms with Crippen LogP contribution in [0.25, 0.3) is 11.4 Å². The summed E-state index contributed by atoms with van der Waals surface area (Å²) >= 11 is 0. The lowest BCUT2D eigenvalue weighted by Crippen LogP contribution is -2.44. The molecule has 0 radical (unpaired) electrons. The van der Waals surface area contributed by atoms with Gasteiger partial charge in [-0.15, -0.1) is 0 Å². The highest BCUT2D eigenvalue weighted by molar-refractivity contribution is 5.89. The SMILES string of the molecule is COC(=O)N[C@@H](C(=O)N1C[C@@H]2C[C@@H]2[C@H]1c1ncc(C2CCC(c3ccc(-c4ncc([C@H]5C[C@H]6C[C@H]6N5C(=O)[C@H](NC(=O)OC)c5ccccc5)[nH]4)cc3)CC2)[nH]1)c1ccccc1. The van der Waals surface area contributed by atoms with E-state index >= 15 is 0 Å². The molecule has 62 heavy (non-hydrogen) atoms. The lowest BCUT2D eigenvalue weighted by atomic mass is 9.77. The van der Waals surface area contributed by atoms with Crippen molar-refractivity contribution in [2.75, 3.05) is 20.8 Å². The zero-order chi connectivity index (χ0) is 42.5. The number of nitrogens with zero attached hydrogens (tertiary/aromatic N) is 4. The number of aromatic amines is 2. The van der Waals surface area contributed by atoms with Crippen LogP contribution in [0.3, 0.4) is 0 Å². The van der Waals surface area contributed by atoms with Crippen LogP contribution in [-0.4, -0.2) is 80.5 Å². The molecule has 3 aromatic carbocycles. The molecule has 2 aromatic heterocycles. The topological polar surface area (TPSA) is 175 Å². The number of methoxy groups -OCH3 is 2. The van der Waals surface area contributed by atoms with Gasteiger partial charge in [-0.05, 0) is 85.3 Å². The predicted octanol–water partition coefficient (Wildman–Crippen LogP) is 7.62. The Balaban J connectivity index is 0.775. The lowest BCUT2D eigenvalue weighted by molar-refractivity contribution is -0.136. The number of fused-ring (bicyclic) bond motifs is 2. The highest BCUT2D eigenvalue weighted by Crippen LogP contribution is 2.57. The van der Waals surface area contributed by atoms with Gasteiger partial charge in [-0.1, -0.05) is 84.9 Å². The number of aromatic nitrogens is 4. The minimum absolute atomic E-state index is 0.143. The van der Waals surface area contributed by atoms with Crippen LogP contribution < -0.4 is 10.6 Å². The minimum Gasteiger partial charge on any atom is -0.453 e. The highest BCUT2D eigenvalue weighted by Gasteiger charge is 2.57. The Bertz CT molecular complexity index is 2430. The molecule has 5 fully saturated rings. The van der Waals surface area contributed by atoms with Gasteiger partial charge >= 0.3 is 12.2 Å². The number of amides is 4. The van der Waals surface area contributed by atoms with E-state index in [-0.39, 0.29) is 29.9 Å². The Hall–Kier alpha value is -6.44. The first-order valence-corrected chi connectivity index (χ1v) is 21.9. The summed E-state index contributed by atoms with van der Waals surface area (Å²) in [7, 11) is 2.60. The number of benzene rings is 3. The first-order valence-electron chi connectivity index (χ1n) is 21.9. The third kappa shape index (κ3) is 7.60. The fourth-order valence-corrected chi connectivity index (χ4v) is 10.6. The molecule has 5 aromatic rings. The van der Waals surface area contributed by atoms with Gasteiger partial charge in [0.1, 0.15) is 23.7 Å². The maximum atomic E-state index is 14.2. The average Bonchev–Trinajstić information content (AvgIpc) is 3.90. The van der Waals surface area contributed by atoms with E-state index < -0.39 is 24.3 Å². The number of piperidine rings is 2. The summed E-state index contributed by atoms with van der Waals surface area (Å²) < 4.78 is 9.76. The molecule has 4 N–H and O–H groups in total. The van der Waals surface area contributed by atoms with E-state index in [1.165, 1.54) is 19.8 Å². The smallest absolute Gasteiger partial charge is 0.407 e. The summed E-state index contributed by atoms with van der Waals surface area (Å²) in [6.45, 7) is 0.648. The molecule has 0 bridgehead atoms. The molecule has 14 nitrogen and oxygen atoms in total. The molecule has 14 heteroatoms. The number of imidazole rings is 2. The molecule has 3 saturated carbocycles. The van der Waals surface area contributed by atoms with Gasteiger partial charge in [0, 0.05) is 36.0 Å². The molecule has 2 saturated heterocycles. The molecule has 2 aliphatic heterocycles. The van der Waals surface area contributed by atoms with Gasteiger partial charge in [0.15, 0.2) is 0 Å². The lowest BCUT2D eigenvalue weighted by Gasteiger charge is -2.31. The molecule has 8 atom stereocenters. The van der Waals surface area contributed by atoms with Crippen LogP contribution in [0, 0.1) is 17.8 Å². The van der Waals surface area contributed by atoms with E-state index in [0.717, 1.165) is 73.5 Å². The summed E-state index contributed by atoms with van der Waals surface area (Å²) in [5.41, 5.74) is 5.75. The summed E-state index contributed by atoms with van der Waals surface area (Å²) in [4.78, 5) is 73.6. The Kier molecular flexibility index (Phi) is 10.5. The largest absolute Gasteiger partial charge is 0.453 e. The number of ether oxygens (including phenoxy) is 2. The molecule has 3 aliphatic carbocycles. The monoisotopic (exact) mass is 836 g/mol. The van der Waals surface area contributed by atoms with Crippen LogP contribution in [0.4, 0.5) is 9.59 Å². The number of nitrogens with one attached hydrogen (secondary N) is 4. The first kappa shape index (κ1) is 39.7. The highest BCUT2D eigenvalue weighted by atomic mass is 16.5. The Morgan fingerprint density at radius 3 is 1.94 bits per heavy atom. The summed E-state index contributed by atoms with van der Waals surface area (Å²) in [5, 5.41) is 5.54. The summed E-state index contributed by atoms with van der Waals surface area (Å²) in [6.07, 6.45) is 9.60. The van der Waals surface area contributed by atoms with Gasteiger partial charge in [-0.2, -0.15) is 0 Å². The van der Waals surface area contributed by atoms with Crippen LogP contribution >= 0.6 is 0 Å². The van der Waals surface area contributed by atoms with Crippen molar-refractivity contribution < 1.29 is 28.7 Å². The van der Waals surface area contributed by atoms with E-state index in [2.05, 4.69) is 44.9 Å². The molecule has 0 unspecified atom stereocenters. The second-order valence-corrected chi connectivity index (χ2v) is 17.7. The zero-order valence-corrected chi connectivity index (χ0v) is 34.9. The molecule has 4 amide bonds. The Morgan fingerprint density at radius 1 is 0.677 bits per heavy atom. The van der Waals surface area contributed by atoms with Crippen molar-refractivity contribution in [2.24, 2.45) is 17.8 Å². The number of carbonyl (C=O) groups excluding carboxylic acids is 4. The number of hydrogen-bond donors (Lipinski definition) is 4. The summed E-state index contributed by atoms with van der Waals surface area (Å²) in [6, 6.07) is 25.5. The van der Waals surface area contributed by atoms with Crippen molar-refractivity contribution >= 4 is 24.0 Å². The molecular formula is C48H52N8O6. The van der Waals surface area contributed by atoms with Gasteiger partial charge in [-0.25, -0.2) is 19.6 Å². The minimum atomic E-state index is -0.851. The quantitative estimate of drug-likeness (QED) is 0.105. The molecule has 4 heterocycles. The van der Waals surface area contributed by atoms with E-state index in [4.69, 9.17) is 19.4 Å². The number of likely N-dealkylation sites (tertiary alicyclic amines) is 2. The van der Waals surface area contributed by atoms with Crippen LogP contribution in [0.5, 0.6) is 0 Å². The molecule has 5 aliphatic rings. The first-order chi connectivity index (χ1) is 30.3. The maximum absolute atomic E-state index is 14.2. The number of rotatable bonds is 11. The van der Waals surface area contributed by atoms with Crippen molar-refractivity contribution in [3.63, 3.8) is 0 Å². The second kappa shape index (κ2) is 16.4. The van der Waals surface area contributed by atoms with Gasteiger partial charge < -0.3 is 39.9 Å². The zero-order valence-electron chi connectivity index (χ0n) is 34.9. The van der Waals surface area contributed by atoms with Gasteiger partial charge in [0.2, 0.25) is 0 Å². The van der Waals surface area contributed by atoms with Gasteiger partial charge in [-0.3, -0.25) is 9.59 Å². The van der Waals surface area contributed by atoms with Crippen molar-refractivity contribution in [3.05, 3.63) is 131 Å². The van der Waals surface area contributed by atoms with E-state index in [1.54, 1.807) is 0 Å². The fraction of sp³-hybridized carbons (Fsp3) is 0.417. The van der Waals surface area contributed by atoms with Crippen LogP contribution in [-0.2, 0) is 19.1 Å². The molecule has 320 valence electrons. The normalized spacial score (nSPS) is 26.7. The van der Waals surface area contributed by atoms with E-state index in [9.17, 15) is 19.2 Å². The van der Waals surface area contributed by atoms with Crippen LogP contribution in [0.2, 0.25) is 0 Å². The van der Waals surface area contributed by atoms with Gasteiger partial charge in [0.25, 0.3) is 11.8 Å². The van der Waals surface area contributed by atoms with Crippen molar-refractivity contribution in [1.29, 1.82) is 0 Å². The number of hydrogen-bond acceptors (Lipinski definition) is 8. The second-order valence-electron chi connectivity index (χ2n) is 17.7. The number of H-pyrrole nitrogens is 2. The third-order valence-corrected chi connectivity index (χ3v) is 14.1. The number of carbonyl (C=O) groups is 4. The average molecular weight is 837 g/mol. The van der Waals surface area contributed by atoms with Gasteiger partial charge in [0.05, 0.1) is 38.2 Å². The van der Waals surface area contributed by atoms with E-state index in [0.29, 0.717) is 47.3 Å². The van der Waals surface area contributed by atoms with E-state index in [1.807, 2.05) is 82.9 Å². The predicted molar refractivity (Wildman–Crippen MR) is 228 cm³/mol. The number of alkyl carbamates (subject to hydrolysis) is 2. The molecular weight excluding hydrogens is 785 g/mol. The Labute approximate surface area is 360 Å². The van der Waals surface area contributed by atoms with Crippen LogP contribution in [0.1, 0.15) is 115 Å². The van der Waals surface area contributed by atoms with Crippen molar-refractivity contribution in [3.8, 4) is 11.4 Å². The molecule has 0 spiro atoms. The Morgan fingerprint density at radius 2 is 1.29 bits per heavy atom. The van der Waals surface area contributed by atoms with Crippen LogP contribution in [0.15, 0.2) is 97.3 Å². The summed E-state index contributed by atoms with van der Waals surface area (Å²) in [5.74, 6) is 3.35. The maximum Gasteiger partial charge on any atom is 0.407 e. The third-order valence-electron chi connectivity index (χ3n) is 14.1. The molecule has 10 rings (SSSR count).